The smallest absolute Gasteiger partial charge is 0.233 e. The van der Waals surface area contributed by atoms with Crippen molar-refractivity contribution >= 4 is 6.41 Å². The predicted molar refractivity (Wildman–Crippen MR) is 63.8 cm³/mol. The molecular weight excluding hydrogens is 202 g/mol. The number of carbonyl (C=O) groups excluding carboxylic acids is 1. The van der Waals surface area contributed by atoms with E-state index in [-0.39, 0.29) is 5.60 Å². The minimum absolute atomic E-state index is 0.336. The van der Waals surface area contributed by atoms with Gasteiger partial charge in [0.2, 0.25) is 6.41 Å². The molecule has 0 aliphatic rings. The quantitative estimate of drug-likeness (QED) is 0.564. The third-order valence-corrected chi connectivity index (χ3v) is 1.97. The van der Waals surface area contributed by atoms with E-state index in [1.165, 1.54) is 10.6 Å². The van der Waals surface area contributed by atoms with Crippen LogP contribution in [0.25, 0.3) is 0 Å². The maximum atomic E-state index is 10.8. The van der Waals surface area contributed by atoms with Crippen LogP contribution in [0.2, 0.25) is 0 Å². The second kappa shape index (κ2) is 5.66. The number of carbonyl (C=O) groups is 1. The molecule has 0 unspecified atom stereocenters. The molecule has 1 rings (SSSR count). The van der Waals surface area contributed by atoms with Crippen molar-refractivity contribution in [2.75, 3.05) is 6.54 Å². The molecule has 0 atom stereocenters. The largest absolute Gasteiger partial charge is 0.276 e. The van der Waals surface area contributed by atoms with Gasteiger partial charge < -0.3 is 0 Å². The number of hydrogen-bond donors (Lipinski definition) is 0. The zero-order chi connectivity index (χ0) is 12.0. The van der Waals surface area contributed by atoms with Gasteiger partial charge >= 0.3 is 0 Å². The summed E-state index contributed by atoms with van der Waals surface area (Å²) in [5.41, 5.74) is 0.865. The fourth-order valence-corrected chi connectivity index (χ4v) is 1.36. The summed E-state index contributed by atoms with van der Waals surface area (Å²) in [6.07, 6.45) is 1.53. The highest BCUT2D eigenvalue weighted by atomic mass is 16.7. The highest BCUT2D eigenvalue weighted by molar-refractivity contribution is 5.45. The first-order chi connectivity index (χ1) is 7.51. The van der Waals surface area contributed by atoms with E-state index in [4.69, 9.17) is 4.84 Å². The van der Waals surface area contributed by atoms with Gasteiger partial charge in [0.05, 0.1) is 12.1 Å². The van der Waals surface area contributed by atoms with Gasteiger partial charge in [0.1, 0.15) is 0 Å². The Hall–Kier alpha value is -1.35. The van der Waals surface area contributed by atoms with Crippen molar-refractivity contribution < 1.29 is 9.63 Å². The average Bonchev–Trinajstić information content (AvgIpc) is 2.24. The lowest BCUT2D eigenvalue weighted by Crippen LogP contribution is -2.34. The Balaban J connectivity index is 2.43. The number of rotatable bonds is 5. The van der Waals surface area contributed by atoms with Crippen molar-refractivity contribution in [1.29, 1.82) is 0 Å². The fourth-order valence-electron chi connectivity index (χ4n) is 1.36. The second-order valence-electron chi connectivity index (χ2n) is 4.69. The lowest BCUT2D eigenvalue weighted by atomic mass is 10.1. The molecule has 1 aromatic carbocycles. The van der Waals surface area contributed by atoms with Gasteiger partial charge in [-0.2, -0.15) is 0 Å². The van der Waals surface area contributed by atoms with Gasteiger partial charge in [0, 0.05) is 0 Å². The number of amides is 1. The molecule has 0 saturated heterocycles. The van der Waals surface area contributed by atoms with E-state index < -0.39 is 0 Å². The summed E-state index contributed by atoms with van der Waals surface area (Å²) in [5.74, 6) is 0. The maximum Gasteiger partial charge on any atom is 0.233 e. The number of hydroxylamine groups is 2. The molecule has 0 spiro atoms. The summed E-state index contributed by atoms with van der Waals surface area (Å²) >= 11 is 0. The van der Waals surface area contributed by atoms with E-state index >= 15 is 0 Å². The van der Waals surface area contributed by atoms with Crippen LogP contribution in [-0.4, -0.2) is 23.6 Å². The van der Waals surface area contributed by atoms with Crippen LogP contribution in [-0.2, 0) is 16.1 Å². The van der Waals surface area contributed by atoms with Crippen LogP contribution in [0, 0.1) is 0 Å². The highest BCUT2D eigenvalue weighted by Gasteiger charge is 2.15. The molecule has 3 heteroatoms. The Morgan fingerprint density at radius 1 is 1.25 bits per heavy atom. The number of nitrogens with zero attached hydrogens (tertiary/aromatic N) is 1. The van der Waals surface area contributed by atoms with Gasteiger partial charge in [0.15, 0.2) is 0 Å². The Morgan fingerprint density at radius 2 is 1.88 bits per heavy atom. The average molecular weight is 221 g/mol. The fraction of sp³-hybridized carbons (Fsp3) is 0.462. The van der Waals surface area contributed by atoms with E-state index in [2.05, 4.69) is 0 Å². The molecule has 1 aromatic rings. The Morgan fingerprint density at radius 3 is 2.38 bits per heavy atom. The van der Waals surface area contributed by atoms with Crippen LogP contribution < -0.4 is 0 Å². The van der Waals surface area contributed by atoms with Crippen molar-refractivity contribution in [3.63, 3.8) is 0 Å². The van der Waals surface area contributed by atoms with Gasteiger partial charge in [-0.3, -0.25) is 9.63 Å². The number of hydrogen-bond acceptors (Lipinski definition) is 2. The van der Waals surface area contributed by atoms with Gasteiger partial charge in [-0.25, -0.2) is 5.06 Å². The Kier molecular flexibility index (Phi) is 4.50. The summed E-state index contributed by atoms with van der Waals surface area (Å²) < 4.78 is 0. The van der Waals surface area contributed by atoms with E-state index in [9.17, 15) is 4.79 Å². The minimum atomic E-state index is -0.336. The molecule has 0 aliphatic heterocycles. The van der Waals surface area contributed by atoms with Crippen LogP contribution in [0.1, 0.15) is 26.3 Å². The Bertz CT molecular complexity index is 316. The molecule has 0 radical (unpaired) electrons. The van der Waals surface area contributed by atoms with Gasteiger partial charge in [-0.15, -0.1) is 0 Å². The van der Waals surface area contributed by atoms with Crippen molar-refractivity contribution in [2.45, 2.75) is 32.8 Å². The van der Waals surface area contributed by atoms with Crippen LogP contribution in [0.3, 0.4) is 0 Å². The molecule has 0 fully saturated rings. The first-order valence-electron chi connectivity index (χ1n) is 5.46. The van der Waals surface area contributed by atoms with Gasteiger partial charge in [-0.05, 0) is 32.8 Å². The molecule has 3 nitrogen and oxygen atoms in total. The van der Waals surface area contributed by atoms with Crippen LogP contribution in [0.5, 0.6) is 0 Å². The molecule has 16 heavy (non-hydrogen) atoms. The summed E-state index contributed by atoms with van der Waals surface area (Å²) in [6, 6.07) is 10.0. The second-order valence-corrected chi connectivity index (χ2v) is 4.69. The molecule has 0 N–H and O–H groups in total. The van der Waals surface area contributed by atoms with Crippen molar-refractivity contribution in [3.8, 4) is 0 Å². The third-order valence-electron chi connectivity index (χ3n) is 1.97. The maximum absolute atomic E-state index is 10.8. The first kappa shape index (κ1) is 12.7. The van der Waals surface area contributed by atoms with E-state index in [1.807, 2.05) is 51.1 Å². The normalized spacial score (nSPS) is 11.2. The predicted octanol–water partition coefficient (Wildman–Crippen LogP) is 2.42. The monoisotopic (exact) mass is 221 g/mol. The van der Waals surface area contributed by atoms with Gasteiger partial charge in [-0.1, -0.05) is 30.3 Å². The van der Waals surface area contributed by atoms with Crippen molar-refractivity contribution in [3.05, 3.63) is 35.9 Å². The summed E-state index contributed by atoms with van der Waals surface area (Å²) in [6.45, 7) is 6.34. The molecule has 0 aliphatic carbocycles. The van der Waals surface area contributed by atoms with Crippen LogP contribution in [0.15, 0.2) is 30.3 Å². The zero-order valence-electron chi connectivity index (χ0n) is 10.1. The Labute approximate surface area is 97.0 Å². The number of benzene rings is 1. The molecule has 0 saturated carbocycles. The standard InChI is InChI=1S/C13H19NO2/c1-13(2,3)16-14(11-15)10-9-12-7-5-4-6-8-12/h4-8,11H,9-10H2,1-3H3. The molecule has 0 aromatic heterocycles. The van der Waals surface area contributed by atoms with Crippen molar-refractivity contribution in [2.24, 2.45) is 0 Å². The molecule has 0 bridgehead atoms. The van der Waals surface area contributed by atoms with E-state index in [0.717, 1.165) is 12.8 Å². The van der Waals surface area contributed by atoms with E-state index in [0.29, 0.717) is 6.54 Å². The van der Waals surface area contributed by atoms with Crippen molar-refractivity contribution in [1.82, 2.24) is 5.06 Å². The molecular formula is C13H19NO2. The van der Waals surface area contributed by atoms with E-state index in [1.54, 1.807) is 0 Å². The molecule has 1 amide bonds. The topological polar surface area (TPSA) is 29.5 Å². The highest BCUT2D eigenvalue weighted by Crippen LogP contribution is 2.10. The van der Waals surface area contributed by atoms with Crippen LogP contribution >= 0.6 is 0 Å². The molecule has 88 valence electrons. The lowest BCUT2D eigenvalue weighted by Gasteiger charge is -2.26. The van der Waals surface area contributed by atoms with Gasteiger partial charge in [0.25, 0.3) is 0 Å². The first-order valence-corrected chi connectivity index (χ1v) is 5.46. The zero-order valence-corrected chi connectivity index (χ0v) is 10.1. The summed E-state index contributed by atoms with van der Waals surface area (Å²) in [4.78, 5) is 16.3. The lowest BCUT2D eigenvalue weighted by molar-refractivity contribution is -0.215. The summed E-state index contributed by atoms with van der Waals surface area (Å²) in [5, 5.41) is 1.35. The summed E-state index contributed by atoms with van der Waals surface area (Å²) in [7, 11) is 0. The SMILES string of the molecule is CC(C)(C)ON(C=O)CCc1ccccc1. The third kappa shape index (κ3) is 4.94. The van der Waals surface area contributed by atoms with Crippen LogP contribution in [0.4, 0.5) is 0 Å². The minimum Gasteiger partial charge on any atom is -0.276 e. The molecule has 0 heterocycles.